The highest BCUT2D eigenvalue weighted by Gasteiger charge is 2.15. The van der Waals surface area contributed by atoms with Crippen molar-refractivity contribution >= 4 is 5.82 Å². The van der Waals surface area contributed by atoms with Gasteiger partial charge in [0.2, 0.25) is 0 Å². The molecule has 0 saturated heterocycles. The zero-order chi connectivity index (χ0) is 16.9. The van der Waals surface area contributed by atoms with Crippen molar-refractivity contribution in [1.29, 1.82) is 5.26 Å². The van der Waals surface area contributed by atoms with Crippen molar-refractivity contribution in [1.82, 2.24) is 4.98 Å². The Morgan fingerprint density at radius 3 is 2.83 bits per heavy atom. The second-order valence-corrected chi connectivity index (χ2v) is 5.00. The monoisotopic (exact) mass is 321 g/mol. The van der Waals surface area contributed by atoms with E-state index in [9.17, 15) is 5.26 Å². The highest BCUT2D eigenvalue weighted by molar-refractivity contribution is 5.79. The molecular weight excluding hydrogens is 306 g/mol. The Morgan fingerprint density at radius 1 is 1.25 bits per heavy atom. The third-order valence-electron chi connectivity index (χ3n) is 3.44. The van der Waals surface area contributed by atoms with Crippen LogP contribution in [0.5, 0.6) is 5.75 Å². The maximum atomic E-state index is 9.44. The van der Waals surface area contributed by atoms with Crippen molar-refractivity contribution in [3.8, 4) is 34.4 Å². The van der Waals surface area contributed by atoms with Crippen molar-refractivity contribution in [3.05, 3.63) is 54.3 Å². The number of nitriles is 1. The lowest BCUT2D eigenvalue weighted by atomic mass is 9.99. The Kier molecular flexibility index (Phi) is 4.45. The molecule has 0 aliphatic carbocycles. The van der Waals surface area contributed by atoms with E-state index in [0.29, 0.717) is 28.3 Å². The quantitative estimate of drug-likeness (QED) is 0.748. The molecule has 0 aliphatic heterocycles. The maximum absolute atomic E-state index is 9.44. The van der Waals surface area contributed by atoms with E-state index in [2.05, 4.69) is 11.1 Å². The summed E-state index contributed by atoms with van der Waals surface area (Å²) in [4.78, 5) is 4.24. The smallest absolute Gasteiger partial charge is 0.152 e. The summed E-state index contributed by atoms with van der Waals surface area (Å²) in [6.07, 6.45) is 1.55. The molecule has 0 aliphatic rings. The molecular formula is C18H15N3O3. The summed E-state index contributed by atoms with van der Waals surface area (Å²) < 4.78 is 10.8. The van der Waals surface area contributed by atoms with E-state index in [4.69, 9.17) is 20.0 Å². The van der Waals surface area contributed by atoms with Crippen molar-refractivity contribution < 1.29 is 14.3 Å². The molecule has 0 unspecified atom stereocenters. The van der Waals surface area contributed by atoms with E-state index in [1.165, 1.54) is 0 Å². The molecule has 0 spiro atoms. The average Bonchev–Trinajstić information content (AvgIpc) is 3.14. The van der Waals surface area contributed by atoms with Crippen LogP contribution in [0.25, 0.3) is 22.6 Å². The molecule has 6 nitrogen and oxygen atoms in total. The lowest BCUT2D eigenvalue weighted by Crippen LogP contribution is -2.02. The van der Waals surface area contributed by atoms with Gasteiger partial charge in [0, 0.05) is 5.56 Å². The minimum atomic E-state index is -0.0709. The number of ether oxygens (including phenoxy) is 1. The number of aliphatic hydroxyl groups is 1. The van der Waals surface area contributed by atoms with Crippen LogP contribution in [0.4, 0.5) is 5.82 Å². The van der Waals surface area contributed by atoms with Crippen LogP contribution in [0.2, 0.25) is 0 Å². The number of hydrogen-bond acceptors (Lipinski definition) is 6. The maximum Gasteiger partial charge on any atom is 0.152 e. The first-order chi connectivity index (χ1) is 11.7. The first kappa shape index (κ1) is 15.6. The molecule has 1 aromatic carbocycles. The summed E-state index contributed by atoms with van der Waals surface area (Å²) in [6.45, 7) is 0.128. The van der Waals surface area contributed by atoms with Gasteiger partial charge in [0.05, 0.1) is 12.9 Å². The number of aliphatic hydroxyl groups excluding tert-OH is 1. The molecule has 3 N–H and O–H groups in total. The fourth-order valence-corrected chi connectivity index (χ4v) is 2.38. The van der Waals surface area contributed by atoms with Gasteiger partial charge in [0.25, 0.3) is 0 Å². The molecule has 0 atom stereocenters. The summed E-state index contributed by atoms with van der Waals surface area (Å²) in [5.41, 5.74) is 8.21. The molecule has 24 heavy (non-hydrogen) atoms. The lowest BCUT2D eigenvalue weighted by molar-refractivity contribution is 0.201. The second-order valence-electron chi connectivity index (χ2n) is 5.00. The Bertz CT molecular complexity index is 883. The normalized spacial score (nSPS) is 10.3. The Labute approximate surface area is 138 Å². The van der Waals surface area contributed by atoms with Gasteiger partial charge >= 0.3 is 0 Å². The van der Waals surface area contributed by atoms with Gasteiger partial charge in [-0.15, -0.1) is 0 Å². The zero-order valence-electron chi connectivity index (χ0n) is 12.8. The summed E-state index contributed by atoms with van der Waals surface area (Å²) in [6, 6.07) is 14.6. The Morgan fingerprint density at radius 2 is 2.12 bits per heavy atom. The molecule has 2 aromatic heterocycles. The molecule has 0 saturated carbocycles. The predicted octanol–water partition coefficient (Wildman–Crippen LogP) is 2.83. The highest BCUT2D eigenvalue weighted by atomic mass is 16.5. The van der Waals surface area contributed by atoms with Gasteiger partial charge in [-0.3, -0.25) is 0 Å². The first-order valence-electron chi connectivity index (χ1n) is 7.31. The first-order valence-corrected chi connectivity index (χ1v) is 7.31. The summed E-state index contributed by atoms with van der Waals surface area (Å²) in [5.74, 6) is 1.31. The molecule has 3 rings (SSSR count). The number of hydrogen-bond donors (Lipinski definition) is 2. The molecule has 2 heterocycles. The van der Waals surface area contributed by atoms with Crippen molar-refractivity contribution in [2.75, 3.05) is 18.9 Å². The van der Waals surface area contributed by atoms with Gasteiger partial charge in [0.1, 0.15) is 35.5 Å². The number of nitrogens with two attached hydrogens (primary N) is 1. The van der Waals surface area contributed by atoms with Gasteiger partial charge in [-0.25, -0.2) is 4.98 Å². The van der Waals surface area contributed by atoms with Crippen LogP contribution in [-0.2, 0) is 0 Å². The average molecular weight is 321 g/mol. The number of anilines is 1. The van der Waals surface area contributed by atoms with E-state index in [0.717, 1.165) is 5.56 Å². The zero-order valence-corrected chi connectivity index (χ0v) is 12.8. The number of furan rings is 1. The molecule has 3 aromatic rings. The molecule has 0 amide bonds. The summed E-state index contributed by atoms with van der Waals surface area (Å²) in [7, 11) is 0. The standard InChI is InChI=1S/C18H15N3O3/c19-11-15-14(12-3-1-4-13(9-12)23-8-6-22)10-16(21-18(15)20)17-5-2-7-24-17/h1-5,7,9-10,22H,6,8H2,(H2,20,21). The SMILES string of the molecule is N#Cc1c(-c2cccc(OCCO)c2)cc(-c2ccco2)nc1N. The van der Waals surface area contributed by atoms with Gasteiger partial charge in [-0.1, -0.05) is 12.1 Å². The number of nitrogens with zero attached hydrogens (tertiary/aromatic N) is 2. The minimum Gasteiger partial charge on any atom is -0.491 e. The van der Waals surface area contributed by atoms with E-state index in [1.807, 2.05) is 12.1 Å². The lowest BCUT2D eigenvalue weighted by Gasteiger charge is -2.11. The van der Waals surface area contributed by atoms with Crippen LogP contribution in [0.3, 0.4) is 0 Å². The largest absolute Gasteiger partial charge is 0.491 e. The minimum absolute atomic E-state index is 0.0709. The molecule has 0 fully saturated rings. The topological polar surface area (TPSA) is 105 Å². The van der Waals surface area contributed by atoms with Crippen LogP contribution in [0, 0.1) is 11.3 Å². The van der Waals surface area contributed by atoms with Crippen LogP contribution in [-0.4, -0.2) is 23.3 Å². The van der Waals surface area contributed by atoms with Gasteiger partial charge in [0.15, 0.2) is 5.76 Å². The highest BCUT2D eigenvalue weighted by Crippen LogP contribution is 2.32. The van der Waals surface area contributed by atoms with E-state index in [-0.39, 0.29) is 19.0 Å². The number of nitrogen functional groups attached to an aromatic ring is 1. The predicted molar refractivity (Wildman–Crippen MR) is 89.1 cm³/mol. The van der Waals surface area contributed by atoms with Gasteiger partial charge in [-0.05, 0) is 35.9 Å². The number of pyridine rings is 1. The fraction of sp³-hybridized carbons (Fsp3) is 0.111. The van der Waals surface area contributed by atoms with Crippen LogP contribution in [0.1, 0.15) is 5.56 Å². The number of benzene rings is 1. The third kappa shape index (κ3) is 3.07. The molecule has 120 valence electrons. The van der Waals surface area contributed by atoms with Gasteiger partial charge in [-0.2, -0.15) is 5.26 Å². The van der Waals surface area contributed by atoms with Gasteiger partial charge < -0.3 is 20.0 Å². The molecule has 0 bridgehead atoms. The van der Waals surface area contributed by atoms with Crippen molar-refractivity contribution in [2.45, 2.75) is 0 Å². The Balaban J connectivity index is 2.11. The van der Waals surface area contributed by atoms with Crippen LogP contribution >= 0.6 is 0 Å². The van der Waals surface area contributed by atoms with Crippen molar-refractivity contribution in [2.24, 2.45) is 0 Å². The summed E-state index contributed by atoms with van der Waals surface area (Å²) >= 11 is 0. The van der Waals surface area contributed by atoms with Crippen LogP contribution in [0.15, 0.2) is 53.1 Å². The van der Waals surface area contributed by atoms with E-state index >= 15 is 0 Å². The molecule has 0 radical (unpaired) electrons. The fourth-order valence-electron chi connectivity index (χ4n) is 2.38. The van der Waals surface area contributed by atoms with Crippen molar-refractivity contribution in [3.63, 3.8) is 0 Å². The second kappa shape index (κ2) is 6.86. The summed E-state index contributed by atoms with van der Waals surface area (Å²) in [5, 5.41) is 18.3. The van der Waals surface area contributed by atoms with E-state index < -0.39 is 0 Å². The Hall–Kier alpha value is -3.30. The number of rotatable bonds is 5. The van der Waals surface area contributed by atoms with Crippen LogP contribution < -0.4 is 10.5 Å². The number of aromatic nitrogens is 1. The molecule has 6 heteroatoms. The third-order valence-corrected chi connectivity index (χ3v) is 3.44. The van der Waals surface area contributed by atoms with E-state index in [1.54, 1.807) is 36.6 Å².